The van der Waals surface area contributed by atoms with E-state index in [2.05, 4.69) is 42.6 Å². The molecule has 0 unspecified atom stereocenters. The molecule has 4 heterocycles. The van der Waals surface area contributed by atoms with Crippen LogP contribution in [-0.2, 0) is 10.3 Å². The Morgan fingerprint density at radius 3 is 2.59 bits per heavy atom. The van der Waals surface area contributed by atoms with E-state index in [4.69, 9.17) is 20.2 Å². The highest BCUT2D eigenvalue weighted by molar-refractivity contribution is 5.77. The predicted octanol–water partition coefficient (Wildman–Crippen LogP) is 4.37. The number of ether oxygens (including phenoxy) is 2. The van der Waals surface area contributed by atoms with E-state index in [1.54, 1.807) is 12.3 Å². The van der Waals surface area contributed by atoms with Gasteiger partial charge in [0.1, 0.15) is 12.4 Å². The molecule has 2 aromatic heterocycles. The largest absolute Gasteiger partial charge is 0.462 e. The molecule has 160 valence electrons. The number of benzene rings is 1. The second-order valence-electron chi connectivity index (χ2n) is 8.84. The molecule has 1 aromatic carbocycles. The summed E-state index contributed by atoms with van der Waals surface area (Å²) in [5.74, 6) is 7.10. The molecular weight excluding hydrogens is 407 g/mol. The number of pyridine rings is 2. The summed E-state index contributed by atoms with van der Waals surface area (Å²) in [4.78, 5) is 12.8. The maximum absolute atomic E-state index is 13.7. The molecule has 2 N–H and O–H groups in total. The number of aliphatic imine (C=N–C) groups is 1. The van der Waals surface area contributed by atoms with Gasteiger partial charge in [-0.25, -0.2) is 9.98 Å². The predicted molar refractivity (Wildman–Crippen MR) is 119 cm³/mol. The molecule has 2 aliphatic heterocycles. The van der Waals surface area contributed by atoms with Crippen LogP contribution in [0.2, 0.25) is 0 Å². The van der Waals surface area contributed by atoms with Gasteiger partial charge >= 0.3 is 0 Å². The second-order valence-corrected chi connectivity index (χ2v) is 8.84. The minimum absolute atomic E-state index is 0.100. The van der Waals surface area contributed by atoms with Crippen LogP contribution in [0.15, 0.2) is 53.8 Å². The van der Waals surface area contributed by atoms with Crippen LogP contribution in [0.4, 0.5) is 4.39 Å². The van der Waals surface area contributed by atoms with Crippen molar-refractivity contribution >= 4 is 6.02 Å². The van der Waals surface area contributed by atoms with Crippen molar-refractivity contribution < 1.29 is 13.9 Å². The summed E-state index contributed by atoms with van der Waals surface area (Å²) in [5.41, 5.74) is 8.49. The van der Waals surface area contributed by atoms with Crippen LogP contribution in [0.1, 0.15) is 37.5 Å². The zero-order valence-corrected chi connectivity index (χ0v) is 17.9. The lowest BCUT2D eigenvalue weighted by Gasteiger charge is -2.33. The highest BCUT2D eigenvalue weighted by Crippen LogP contribution is 2.51. The Kier molecular flexibility index (Phi) is 4.41. The van der Waals surface area contributed by atoms with Crippen LogP contribution < -0.4 is 10.5 Å². The normalized spacial score (nSPS) is 18.6. The topological polar surface area (TPSA) is 82.6 Å². The molecule has 1 spiro atoms. The highest BCUT2D eigenvalue weighted by Gasteiger charge is 2.47. The smallest absolute Gasteiger partial charge is 0.283 e. The molecule has 2 aliphatic rings. The molecule has 0 radical (unpaired) electrons. The van der Waals surface area contributed by atoms with E-state index in [1.807, 2.05) is 24.3 Å². The lowest BCUT2D eigenvalue weighted by atomic mass is 9.80. The second kappa shape index (κ2) is 7.06. The first kappa shape index (κ1) is 20.0. The third kappa shape index (κ3) is 3.44. The quantitative estimate of drug-likeness (QED) is 0.460. The van der Waals surface area contributed by atoms with Crippen molar-refractivity contribution in [3.8, 4) is 34.6 Å². The van der Waals surface area contributed by atoms with Gasteiger partial charge in [0, 0.05) is 39.9 Å². The summed E-state index contributed by atoms with van der Waals surface area (Å²) < 4.78 is 25.5. The molecule has 1 atom stereocenters. The first-order valence-corrected chi connectivity index (χ1v) is 10.2. The van der Waals surface area contributed by atoms with Gasteiger partial charge in [-0.15, -0.1) is 0 Å². The average molecular weight is 428 g/mol. The van der Waals surface area contributed by atoms with E-state index in [1.165, 1.54) is 12.3 Å². The molecule has 0 aliphatic carbocycles. The zero-order chi connectivity index (χ0) is 22.5. The summed E-state index contributed by atoms with van der Waals surface area (Å²) in [6, 6.07) is 10.7. The number of nitrogens with two attached hydrogens (primary N) is 1. The summed E-state index contributed by atoms with van der Waals surface area (Å²) in [5, 5.41) is 0. The third-order valence-electron chi connectivity index (χ3n) is 5.29. The Morgan fingerprint density at radius 1 is 1.06 bits per heavy atom. The summed E-state index contributed by atoms with van der Waals surface area (Å²) >= 11 is 0. The zero-order valence-electron chi connectivity index (χ0n) is 17.9. The van der Waals surface area contributed by atoms with Crippen molar-refractivity contribution in [2.45, 2.75) is 26.3 Å². The number of nitrogens with zero attached hydrogens (tertiary/aromatic N) is 3. The van der Waals surface area contributed by atoms with Crippen molar-refractivity contribution in [3.63, 3.8) is 0 Å². The van der Waals surface area contributed by atoms with Crippen molar-refractivity contribution in [1.82, 2.24) is 9.97 Å². The van der Waals surface area contributed by atoms with Crippen LogP contribution in [0, 0.1) is 23.2 Å². The summed E-state index contributed by atoms with van der Waals surface area (Å²) in [6.07, 6.45) is 3.02. The van der Waals surface area contributed by atoms with E-state index < -0.39 is 11.5 Å². The Hall–Kier alpha value is -3.92. The van der Waals surface area contributed by atoms with Crippen molar-refractivity contribution in [3.05, 3.63) is 71.4 Å². The molecular formula is C25H21FN4O2. The minimum Gasteiger partial charge on any atom is -0.462 e. The number of hydrogen-bond acceptors (Lipinski definition) is 6. The van der Waals surface area contributed by atoms with Gasteiger partial charge in [0.15, 0.2) is 11.3 Å². The highest BCUT2D eigenvalue weighted by atomic mass is 19.1. The molecule has 5 rings (SSSR count). The number of fused-ring (bicyclic) bond motifs is 4. The maximum atomic E-state index is 13.7. The fourth-order valence-electron chi connectivity index (χ4n) is 3.82. The van der Waals surface area contributed by atoms with Gasteiger partial charge in [0.25, 0.3) is 6.02 Å². The molecule has 3 aromatic rings. The Morgan fingerprint density at radius 2 is 1.88 bits per heavy atom. The number of hydrogen-bond donors (Lipinski definition) is 1. The molecule has 0 saturated carbocycles. The van der Waals surface area contributed by atoms with Crippen molar-refractivity contribution in [2.75, 3.05) is 6.61 Å². The summed E-state index contributed by atoms with van der Waals surface area (Å²) in [7, 11) is 0. The number of rotatable bonds is 1. The van der Waals surface area contributed by atoms with Gasteiger partial charge in [-0.2, -0.15) is 4.39 Å². The van der Waals surface area contributed by atoms with Gasteiger partial charge in [-0.3, -0.25) is 4.98 Å². The molecule has 32 heavy (non-hydrogen) atoms. The monoisotopic (exact) mass is 428 g/mol. The SMILES string of the molecule is CC(C)(C)C#Cc1ccc2c(c1)[C@@]1(COC(N)=N1)c1cc(-c3ccnc(F)c3)ncc1O2. The van der Waals surface area contributed by atoms with Gasteiger partial charge < -0.3 is 15.2 Å². The van der Waals surface area contributed by atoms with Crippen LogP contribution in [-0.4, -0.2) is 22.6 Å². The maximum Gasteiger partial charge on any atom is 0.283 e. The van der Waals surface area contributed by atoms with Crippen LogP contribution in [0.3, 0.4) is 0 Å². The fourth-order valence-corrected chi connectivity index (χ4v) is 3.82. The van der Waals surface area contributed by atoms with E-state index >= 15 is 0 Å². The minimum atomic E-state index is -0.907. The van der Waals surface area contributed by atoms with E-state index in [-0.39, 0.29) is 18.0 Å². The van der Waals surface area contributed by atoms with E-state index in [9.17, 15) is 4.39 Å². The lowest BCUT2D eigenvalue weighted by Crippen LogP contribution is -2.31. The Bertz CT molecular complexity index is 1330. The first-order valence-electron chi connectivity index (χ1n) is 10.2. The molecule has 0 fully saturated rings. The van der Waals surface area contributed by atoms with Gasteiger partial charge in [-0.05, 0) is 51.1 Å². The Labute approximate surface area is 185 Å². The van der Waals surface area contributed by atoms with E-state index in [0.29, 0.717) is 22.8 Å². The van der Waals surface area contributed by atoms with Crippen LogP contribution in [0.25, 0.3) is 11.3 Å². The van der Waals surface area contributed by atoms with Crippen LogP contribution in [0.5, 0.6) is 11.5 Å². The Balaban J connectivity index is 1.68. The van der Waals surface area contributed by atoms with Gasteiger partial charge in [0.05, 0.1) is 11.9 Å². The van der Waals surface area contributed by atoms with E-state index in [0.717, 1.165) is 16.7 Å². The molecule has 0 saturated heterocycles. The van der Waals surface area contributed by atoms with Gasteiger partial charge in [-0.1, -0.05) is 11.8 Å². The molecule has 6 nitrogen and oxygen atoms in total. The molecule has 7 heteroatoms. The lowest BCUT2D eigenvalue weighted by molar-refractivity contribution is 0.264. The number of halogens is 1. The first-order chi connectivity index (χ1) is 15.2. The van der Waals surface area contributed by atoms with Crippen molar-refractivity contribution in [2.24, 2.45) is 16.1 Å². The third-order valence-corrected chi connectivity index (χ3v) is 5.29. The summed E-state index contributed by atoms with van der Waals surface area (Å²) in [6.45, 7) is 6.40. The molecule has 0 amide bonds. The van der Waals surface area contributed by atoms with Crippen LogP contribution >= 0.6 is 0 Å². The number of amidine groups is 1. The van der Waals surface area contributed by atoms with Gasteiger partial charge in [0.2, 0.25) is 5.95 Å². The standard InChI is InChI=1S/C25H21FN4O2/c1-24(2,3)8-6-15-4-5-20-17(10-15)25(14-31-23(27)30-25)18-12-19(29-13-21(18)32-20)16-7-9-28-22(26)11-16/h4-5,7,9-13H,14H2,1-3H3,(H2,27,30)/t25-/m0/s1. The average Bonchev–Trinajstić information content (AvgIpc) is 3.14. The fraction of sp³-hybridized carbons (Fsp3) is 0.240. The number of aromatic nitrogens is 2. The van der Waals surface area contributed by atoms with Crippen molar-refractivity contribution in [1.29, 1.82) is 0 Å². The molecule has 0 bridgehead atoms.